The maximum Gasteiger partial charge on any atom is 0.241 e. The quantitative estimate of drug-likeness (QED) is 0.593. The van der Waals surface area contributed by atoms with Crippen LogP contribution in [0.15, 0.2) is 57.8 Å². The van der Waals surface area contributed by atoms with Crippen LogP contribution >= 0.6 is 0 Å². The topological polar surface area (TPSA) is 77.8 Å². The Bertz CT molecular complexity index is 993. The zero-order chi connectivity index (χ0) is 19.4. The molecule has 0 unspecified atom stereocenters. The van der Waals surface area contributed by atoms with Crippen molar-refractivity contribution in [3.05, 3.63) is 59.9 Å². The summed E-state index contributed by atoms with van der Waals surface area (Å²) in [6, 6.07) is 13.7. The number of fused-ring (bicyclic) bond motifs is 1. The average Bonchev–Trinajstić information content (AvgIpc) is 3.07. The van der Waals surface area contributed by atoms with Gasteiger partial charge in [0.1, 0.15) is 23.7 Å². The van der Waals surface area contributed by atoms with Crippen molar-refractivity contribution in [3.63, 3.8) is 0 Å². The number of aryl methyl sites for hydroxylation is 1. The minimum absolute atomic E-state index is 0.182. The van der Waals surface area contributed by atoms with E-state index < -0.39 is 16.1 Å². The summed E-state index contributed by atoms with van der Waals surface area (Å²) in [5.74, 6) is 1.20. The van der Waals surface area contributed by atoms with E-state index >= 15 is 0 Å². The molecular weight excluding hydrogens is 366 g/mol. The Labute approximate surface area is 159 Å². The second-order valence-electron chi connectivity index (χ2n) is 6.30. The molecule has 0 bridgehead atoms. The minimum atomic E-state index is -3.70. The normalized spacial score (nSPS) is 13.0. The van der Waals surface area contributed by atoms with Gasteiger partial charge in [-0.3, -0.25) is 0 Å². The lowest BCUT2D eigenvalue weighted by Gasteiger charge is -2.14. The first-order chi connectivity index (χ1) is 12.9. The molecular formula is C20H23NO5S. The highest BCUT2D eigenvalue weighted by Crippen LogP contribution is 2.26. The summed E-state index contributed by atoms with van der Waals surface area (Å²) in [4.78, 5) is 0.182. The largest absolute Gasteiger partial charge is 0.491 e. The van der Waals surface area contributed by atoms with E-state index in [1.54, 1.807) is 26.2 Å². The van der Waals surface area contributed by atoms with Crippen molar-refractivity contribution in [2.24, 2.45) is 0 Å². The molecule has 1 heterocycles. The van der Waals surface area contributed by atoms with E-state index in [0.29, 0.717) is 24.7 Å². The van der Waals surface area contributed by atoms with E-state index in [2.05, 4.69) is 4.72 Å². The van der Waals surface area contributed by atoms with Crippen molar-refractivity contribution in [2.75, 3.05) is 20.3 Å². The van der Waals surface area contributed by atoms with Gasteiger partial charge in [0, 0.05) is 12.5 Å². The molecule has 1 atom stereocenters. The maximum absolute atomic E-state index is 12.7. The summed E-state index contributed by atoms with van der Waals surface area (Å²) in [6.07, 6.45) is 0. The zero-order valence-electron chi connectivity index (χ0n) is 15.6. The molecule has 0 fully saturated rings. The lowest BCUT2D eigenvalue weighted by atomic mass is 10.2. The molecule has 0 radical (unpaired) electrons. The fourth-order valence-electron chi connectivity index (χ4n) is 2.76. The second-order valence-corrected chi connectivity index (χ2v) is 8.01. The number of hydrogen-bond acceptors (Lipinski definition) is 5. The number of methoxy groups -OCH3 is 1. The Morgan fingerprint density at radius 1 is 1.11 bits per heavy atom. The van der Waals surface area contributed by atoms with Gasteiger partial charge >= 0.3 is 0 Å². The molecule has 0 aliphatic rings. The van der Waals surface area contributed by atoms with Crippen LogP contribution in [-0.4, -0.2) is 28.7 Å². The van der Waals surface area contributed by atoms with Crippen LogP contribution in [0, 0.1) is 6.92 Å². The molecule has 1 N–H and O–H groups in total. The van der Waals surface area contributed by atoms with Crippen LogP contribution in [0.4, 0.5) is 0 Å². The second kappa shape index (κ2) is 8.12. The fraction of sp³-hybridized carbons (Fsp3) is 0.300. The molecule has 0 aliphatic carbocycles. The molecule has 3 aromatic rings. The van der Waals surface area contributed by atoms with E-state index in [0.717, 1.165) is 16.5 Å². The number of rotatable bonds is 8. The Morgan fingerprint density at radius 2 is 1.89 bits per heavy atom. The summed E-state index contributed by atoms with van der Waals surface area (Å²) < 4.78 is 44.4. The van der Waals surface area contributed by atoms with Gasteiger partial charge in [-0.25, -0.2) is 13.1 Å². The first kappa shape index (κ1) is 19.4. The van der Waals surface area contributed by atoms with Gasteiger partial charge in [0.2, 0.25) is 10.0 Å². The number of ether oxygens (including phenoxy) is 2. The number of para-hydroxylation sites is 1. The Balaban J connectivity index is 1.76. The molecule has 3 rings (SSSR count). The van der Waals surface area contributed by atoms with Gasteiger partial charge in [-0.15, -0.1) is 0 Å². The van der Waals surface area contributed by atoms with Crippen LogP contribution in [0.2, 0.25) is 0 Å². The molecule has 6 nitrogen and oxygen atoms in total. The van der Waals surface area contributed by atoms with E-state index in [9.17, 15) is 8.42 Å². The average molecular weight is 389 g/mol. The minimum Gasteiger partial charge on any atom is -0.491 e. The Morgan fingerprint density at radius 3 is 2.59 bits per heavy atom. The van der Waals surface area contributed by atoms with Crippen LogP contribution in [0.25, 0.3) is 11.0 Å². The molecule has 27 heavy (non-hydrogen) atoms. The van der Waals surface area contributed by atoms with E-state index in [1.807, 2.05) is 37.3 Å². The van der Waals surface area contributed by atoms with Crippen LogP contribution in [0.1, 0.15) is 24.3 Å². The molecule has 0 aliphatic heterocycles. The van der Waals surface area contributed by atoms with Crippen molar-refractivity contribution in [3.8, 4) is 5.75 Å². The van der Waals surface area contributed by atoms with Crippen LogP contribution in [0.3, 0.4) is 0 Å². The number of sulfonamides is 1. The Hall–Kier alpha value is -2.35. The van der Waals surface area contributed by atoms with Gasteiger partial charge in [0.05, 0.1) is 17.5 Å². The molecule has 0 amide bonds. The van der Waals surface area contributed by atoms with Crippen molar-refractivity contribution in [1.82, 2.24) is 4.72 Å². The standard InChI is InChI=1S/C20H23NO5S/c1-14-12-17(8-9-18(14)25-11-10-24-3)27(22,23)21-15(2)20-13-16-6-4-5-7-19(16)26-20/h4-9,12-13,15,21H,10-11H2,1-3H3/t15-/m1/s1. The highest BCUT2D eigenvalue weighted by Gasteiger charge is 2.21. The summed E-state index contributed by atoms with van der Waals surface area (Å²) in [6.45, 7) is 4.44. The van der Waals surface area contributed by atoms with Crippen LogP contribution < -0.4 is 9.46 Å². The van der Waals surface area contributed by atoms with Gasteiger partial charge in [-0.1, -0.05) is 18.2 Å². The summed E-state index contributed by atoms with van der Waals surface area (Å²) in [5, 5.41) is 0.937. The van der Waals surface area contributed by atoms with Gasteiger partial charge in [-0.2, -0.15) is 0 Å². The third-order valence-corrected chi connectivity index (χ3v) is 5.74. The van der Waals surface area contributed by atoms with Crippen molar-refractivity contribution in [1.29, 1.82) is 0 Å². The molecule has 0 saturated carbocycles. The predicted octanol–water partition coefficient (Wildman–Crippen LogP) is 3.81. The summed E-state index contributed by atoms with van der Waals surface area (Å²) >= 11 is 0. The SMILES string of the molecule is COCCOc1ccc(S(=O)(=O)N[C@H](C)c2cc3ccccc3o2)cc1C. The zero-order valence-corrected chi connectivity index (χ0v) is 16.4. The third-order valence-electron chi connectivity index (χ3n) is 4.21. The Kier molecular flexibility index (Phi) is 5.84. The smallest absolute Gasteiger partial charge is 0.241 e. The number of benzene rings is 2. The molecule has 0 spiro atoms. The van der Waals surface area contributed by atoms with Gasteiger partial charge in [0.15, 0.2) is 0 Å². The van der Waals surface area contributed by atoms with E-state index in [4.69, 9.17) is 13.9 Å². The monoisotopic (exact) mass is 389 g/mol. The highest BCUT2D eigenvalue weighted by atomic mass is 32.2. The van der Waals surface area contributed by atoms with Gasteiger partial charge < -0.3 is 13.9 Å². The first-order valence-corrected chi connectivity index (χ1v) is 10.1. The highest BCUT2D eigenvalue weighted by molar-refractivity contribution is 7.89. The third kappa shape index (κ3) is 4.50. The van der Waals surface area contributed by atoms with Crippen LogP contribution in [0.5, 0.6) is 5.75 Å². The molecule has 144 valence electrons. The van der Waals surface area contributed by atoms with Gasteiger partial charge in [0.25, 0.3) is 0 Å². The summed E-state index contributed by atoms with van der Waals surface area (Å²) in [5.41, 5.74) is 1.47. The van der Waals surface area contributed by atoms with Crippen LogP contribution in [-0.2, 0) is 14.8 Å². The number of furan rings is 1. The maximum atomic E-state index is 12.7. The molecule has 0 saturated heterocycles. The first-order valence-electron chi connectivity index (χ1n) is 8.64. The fourth-order valence-corrected chi connectivity index (χ4v) is 4.06. The molecule has 1 aromatic heterocycles. The lowest BCUT2D eigenvalue weighted by molar-refractivity contribution is 0.146. The predicted molar refractivity (Wildman–Crippen MR) is 104 cm³/mol. The van der Waals surface area contributed by atoms with Crippen molar-refractivity contribution >= 4 is 21.0 Å². The lowest BCUT2D eigenvalue weighted by Crippen LogP contribution is -2.26. The number of nitrogens with one attached hydrogen (secondary N) is 1. The van der Waals surface area contributed by atoms with E-state index in [1.165, 1.54) is 6.07 Å². The molecule has 2 aromatic carbocycles. The van der Waals surface area contributed by atoms with E-state index in [-0.39, 0.29) is 4.90 Å². The van der Waals surface area contributed by atoms with Gasteiger partial charge in [-0.05, 0) is 49.7 Å². The van der Waals surface area contributed by atoms with Crippen molar-refractivity contribution in [2.45, 2.75) is 24.8 Å². The summed E-state index contributed by atoms with van der Waals surface area (Å²) in [7, 11) is -2.10. The number of hydrogen-bond donors (Lipinski definition) is 1. The molecule has 7 heteroatoms. The van der Waals surface area contributed by atoms with Crippen molar-refractivity contribution < 1.29 is 22.3 Å².